The van der Waals surface area contributed by atoms with Crippen LogP contribution in [0.4, 0.5) is 0 Å². The van der Waals surface area contributed by atoms with E-state index in [1.165, 1.54) is 11.5 Å². The van der Waals surface area contributed by atoms with Gasteiger partial charge in [-0.05, 0) is 18.0 Å². The van der Waals surface area contributed by atoms with Gasteiger partial charge in [0.1, 0.15) is 0 Å². The largest absolute Gasteiger partial charge is 0.271 e. The van der Waals surface area contributed by atoms with Crippen molar-refractivity contribution in [1.29, 1.82) is 0 Å². The summed E-state index contributed by atoms with van der Waals surface area (Å²) in [7, 11) is 0. The van der Waals surface area contributed by atoms with Crippen LogP contribution in [0, 0.1) is 0 Å². The lowest BCUT2D eigenvalue weighted by Gasteiger charge is -2.15. The minimum Gasteiger partial charge on any atom is -0.271 e. The highest BCUT2D eigenvalue weighted by Gasteiger charge is 2.22. The molecule has 5 nitrogen and oxygen atoms in total. The zero-order valence-electron chi connectivity index (χ0n) is 12.3. The molecule has 0 saturated heterocycles. The molecule has 0 bridgehead atoms. The first-order valence-electron chi connectivity index (χ1n) is 6.67. The van der Waals surface area contributed by atoms with Crippen LogP contribution in [0.25, 0.3) is 0 Å². The van der Waals surface area contributed by atoms with Crippen LogP contribution in [0.2, 0.25) is 0 Å². The Morgan fingerprint density at radius 3 is 2.70 bits per heavy atom. The number of aryl methyl sites for hydroxylation is 1. The number of nitrogens with two attached hydrogens (primary N) is 1. The van der Waals surface area contributed by atoms with Gasteiger partial charge in [0.15, 0.2) is 0 Å². The van der Waals surface area contributed by atoms with Crippen molar-refractivity contribution in [2.45, 2.75) is 52.0 Å². The number of nitrogens with one attached hydrogen (secondary N) is 1. The maximum Gasteiger partial charge on any atom is 0.0948 e. The standard InChI is InChI=1S/C13H21N5S2/c1-5-8-12(20-18-17-8)9(16-14)6-11-15-10(7-19-11)13(2,3)4/h7,9,16H,5-6,14H2,1-4H3. The van der Waals surface area contributed by atoms with Crippen molar-refractivity contribution in [2.24, 2.45) is 5.84 Å². The fraction of sp³-hybridized carbons (Fsp3) is 0.615. The molecule has 0 aliphatic carbocycles. The molecule has 0 aliphatic heterocycles. The molecule has 20 heavy (non-hydrogen) atoms. The molecule has 0 radical (unpaired) electrons. The summed E-state index contributed by atoms with van der Waals surface area (Å²) in [5.41, 5.74) is 5.11. The Bertz CT molecular complexity index is 555. The average Bonchev–Trinajstić information content (AvgIpc) is 3.03. The van der Waals surface area contributed by atoms with Crippen LogP contribution in [-0.2, 0) is 18.3 Å². The molecule has 2 heterocycles. The number of thiazole rings is 1. The number of nitrogens with zero attached hydrogens (tertiary/aromatic N) is 3. The molecule has 110 valence electrons. The summed E-state index contributed by atoms with van der Waals surface area (Å²) < 4.78 is 4.03. The lowest BCUT2D eigenvalue weighted by Crippen LogP contribution is -2.29. The molecular weight excluding hydrogens is 290 g/mol. The maximum atomic E-state index is 5.71. The molecular formula is C13H21N5S2. The second-order valence-corrected chi connectivity index (χ2v) is 7.47. The molecule has 3 N–H and O–H groups in total. The summed E-state index contributed by atoms with van der Waals surface area (Å²) in [6.45, 7) is 8.60. The zero-order chi connectivity index (χ0) is 14.8. The maximum absolute atomic E-state index is 5.71. The smallest absolute Gasteiger partial charge is 0.0948 e. The van der Waals surface area contributed by atoms with Crippen LogP contribution in [0.15, 0.2) is 5.38 Å². The van der Waals surface area contributed by atoms with Crippen molar-refractivity contribution in [2.75, 3.05) is 0 Å². The fourth-order valence-corrected chi connectivity index (χ4v) is 3.74. The van der Waals surface area contributed by atoms with Gasteiger partial charge in [0, 0.05) is 17.2 Å². The van der Waals surface area contributed by atoms with E-state index in [-0.39, 0.29) is 11.5 Å². The Morgan fingerprint density at radius 2 is 2.15 bits per heavy atom. The first kappa shape index (κ1) is 15.5. The van der Waals surface area contributed by atoms with Gasteiger partial charge in [-0.2, -0.15) is 0 Å². The molecule has 1 atom stereocenters. The van der Waals surface area contributed by atoms with Gasteiger partial charge in [0.05, 0.1) is 27.3 Å². The van der Waals surface area contributed by atoms with Crippen molar-refractivity contribution in [1.82, 2.24) is 20.0 Å². The summed E-state index contributed by atoms with van der Waals surface area (Å²) >= 11 is 3.10. The Hall–Kier alpha value is -0.890. The molecule has 0 amide bonds. The minimum atomic E-state index is 0.0314. The fourth-order valence-electron chi connectivity index (χ4n) is 1.88. The van der Waals surface area contributed by atoms with Crippen LogP contribution in [-0.4, -0.2) is 14.6 Å². The van der Waals surface area contributed by atoms with Crippen LogP contribution in [0.3, 0.4) is 0 Å². The van der Waals surface area contributed by atoms with Crippen molar-refractivity contribution in [3.05, 3.63) is 26.7 Å². The number of hydrazine groups is 1. The van der Waals surface area contributed by atoms with Crippen molar-refractivity contribution >= 4 is 22.9 Å². The Balaban J connectivity index is 2.17. The highest BCUT2D eigenvalue weighted by molar-refractivity contribution is 7.09. The predicted octanol–water partition coefficient (Wildman–Crippen LogP) is 2.60. The first-order chi connectivity index (χ1) is 9.45. The van der Waals surface area contributed by atoms with Crippen LogP contribution in [0.1, 0.15) is 55.0 Å². The highest BCUT2D eigenvalue weighted by atomic mass is 32.1. The topological polar surface area (TPSA) is 76.7 Å². The van der Waals surface area contributed by atoms with Crippen molar-refractivity contribution in [3.8, 4) is 0 Å². The van der Waals surface area contributed by atoms with Gasteiger partial charge in [-0.15, -0.1) is 16.4 Å². The van der Waals surface area contributed by atoms with E-state index in [2.05, 4.69) is 48.1 Å². The Morgan fingerprint density at radius 1 is 1.40 bits per heavy atom. The molecule has 0 spiro atoms. The third-order valence-corrected chi connectivity index (χ3v) is 4.89. The number of aromatic nitrogens is 3. The second-order valence-electron chi connectivity index (χ2n) is 5.74. The van der Waals surface area contributed by atoms with Crippen LogP contribution >= 0.6 is 22.9 Å². The average molecular weight is 311 g/mol. The van der Waals surface area contributed by atoms with E-state index in [4.69, 9.17) is 10.8 Å². The summed E-state index contributed by atoms with van der Waals surface area (Å²) in [5.74, 6) is 5.71. The van der Waals surface area contributed by atoms with Gasteiger partial charge in [0.25, 0.3) is 0 Å². The van der Waals surface area contributed by atoms with E-state index in [1.54, 1.807) is 11.3 Å². The third-order valence-electron chi connectivity index (χ3n) is 3.14. The summed E-state index contributed by atoms with van der Waals surface area (Å²) in [4.78, 5) is 5.83. The normalized spacial score (nSPS) is 13.7. The lowest BCUT2D eigenvalue weighted by atomic mass is 9.93. The highest BCUT2D eigenvalue weighted by Crippen LogP contribution is 2.28. The summed E-state index contributed by atoms with van der Waals surface area (Å²) in [6, 6.07) is 0.0314. The Kier molecular flexibility index (Phi) is 4.85. The monoisotopic (exact) mass is 311 g/mol. The second kappa shape index (κ2) is 6.26. The summed E-state index contributed by atoms with van der Waals surface area (Å²) in [6.07, 6.45) is 1.64. The molecule has 0 aromatic carbocycles. The van der Waals surface area contributed by atoms with E-state index in [0.717, 1.165) is 34.1 Å². The van der Waals surface area contributed by atoms with Gasteiger partial charge < -0.3 is 0 Å². The van der Waals surface area contributed by atoms with Gasteiger partial charge in [-0.25, -0.2) is 4.98 Å². The molecule has 7 heteroatoms. The molecule has 2 aromatic heterocycles. The molecule has 0 aliphatic rings. The quantitative estimate of drug-likeness (QED) is 0.655. The van der Waals surface area contributed by atoms with Crippen molar-refractivity contribution in [3.63, 3.8) is 0 Å². The van der Waals surface area contributed by atoms with Gasteiger partial charge in [-0.3, -0.25) is 11.3 Å². The first-order valence-corrected chi connectivity index (χ1v) is 8.33. The van der Waals surface area contributed by atoms with Crippen molar-refractivity contribution < 1.29 is 0 Å². The van der Waals surface area contributed by atoms with Gasteiger partial charge in [0.2, 0.25) is 0 Å². The van der Waals surface area contributed by atoms with Gasteiger partial charge >= 0.3 is 0 Å². The van der Waals surface area contributed by atoms with E-state index in [1.807, 2.05) is 0 Å². The Labute approximate surface area is 127 Å². The van der Waals surface area contributed by atoms with Crippen LogP contribution < -0.4 is 11.3 Å². The molecule has 1 unspecified atom stereocenters. The molecule has 0 fully saturated rings. The van der Waals surface area contributed by atoms with Gasteiger partial charge in [-0.1, -0.05) is 32.2 Å². The number of rotatable bonds is 5. The summed E-state index contributed by atoms with van der Waals surface area (Å²) in [5, 5.41) is 7.37. The molecule has 2 rings (SSSR count). The zero-order valence-corrected chi connectivity index (χ0v) is 13.9. The van der Waals surface area contributed by atoms with E-state index < -0.39 is 0 Å². The number of hydrogen-bond donors (Lipinski definition) is 2. The lowest BCUT2D eigenvalue weighted by molar-refractivity contribution is 0.543. The minimum absolute atomic E-state index is 0.0314. The SMILES string of the molecule is CCc1nnsc1C(Cc1nc(C(C)(C)C)cs1)NN. The molecule has 2 aromatic rings. The van der Waals surface area contributed by atoms with E-state index in [9.17, 15) is 0 Å². The molecule has 0 saturated carbocycles. The predicted molar refractivity (Wildman–Crippen MR) is 83.9 cm³/mol. The van der Waals surface area contributed by atoms with E-state index in [0.29, 0.717) is 0 Å². The van der Waals surface area contributed by atoms with E-state index >= 15 is 0 Å². The third kappa shape index (κ3) is 3.41. The van der Waals surface area contributed by atoms with Crippen LogP contribution in [0.5, 0.6) is 0 Å². The number of hydrogen-bond acceptors (Lipinski definition) is 7.